The first kappa shape index (κ1) is 59.4. The molecule has 0 radical (unpaired) electrons. The Morgan fingerprint density at radius 2 is 1.36 bits per heavy atom. The Morgan fingerprint density at radius 3 is 1.86 bits per heavy atom. The van der Waals surface area contributed by atoms with Crippen LogP contribution in [0.4, 0.5) is 5.82 Å². The summed E-state index contributed by atoms with van der Waals surface area (Å²) in [6.07, 6.45) is -2.63. The van der Waals surface area contributed by atoms with Crippen molar-refractivity contribution in [1.29, 1.82) is 5.26 Å². The Balaban J connectivity index is 1.60. The van der Waals surface area contributed by atoms with Gasteiger partial charge in [-0.05, 0) is 120 Å². The molecule has 1 fully saturated rings. The fraction of sp³-hybridized carbons (Fsp3) is 0.466. The molecule has 5 aromatic rings. The van der Waals surface area contributed by atoms with Crippen molar-refractivity contribution in [2.75, 3.05) is 32.8 Å². The highest BCUT2D eigenvalue weighted by molar-refractivity contribution is 7.44. The van der Waals surface area contributed by atoms with Crippen LogP contribution in [-0.4, -0.2) is 92.2 Å². The molecule has 4 aromatic carbocycles. The molecule has 1 amide bonds. The fourth-order valence-corrected chi connectivity index (χ4v) is 11.6. The summed E-state index contributed by atoms with van der Waals surface area (Å²) in [5.41, 5.74) is -0.0225. The van der Waals surface area contributed by atoms with Crippen molar-refractivity contribution in [3.63, 3.8) is 0 Å². The van der Waals surface area contributed by atoms with Crippen LogP contribution in [0.25, 0.3) is 0 Å². The molecule has 76 heavy (non-hydrogen) atoms. The average Bonchev–Trinajstić information content (AvgIpc) is 3.75. The van der Waals surface area contributed by atoms with Gasteiger partial charge in [-0.1, -0.05) is 93.6 Å². The number of amides is 1. The maximum Gasteiger partial charge on any atom is 0.351 e. The Morgan fingerprint density at radius 1 is 0.816 bits per heavy atom. The van der Waals surface area contributed by atoms with Crippen molar-refractivity contribution in [1.82, 2.24) is 14.2 Å². The number of carbonyl (C=O) groups excluding carboxylic acids is 2. The number of hydrogen-bond donors (Lipinski definition) is 1. The molecule has 408 valence electrons. The topological polar surface area (TPSA) is 182 Å². The first-order valence-corrected chi connectivity index (χ1v) is 29.7. The van der Waals surface area contributed by atoms with Crippen molar-refractivity contribution in [3.8, 4) is 17.6 Å². The van der Waals surface area contributed by atoms with E-state index in [1.807, 2.05) is 78.9 Å². The van der Waals surface area contributed by atoms with Gasteiger partial charge in [0.1, 0.15) is 47.8 Å². The van der Waals surface area contributed by atoms with Gasteiger partial charge in [0, 0.05) is 29.4 Å². The van der Waals surface area contributed by atoms with E-state index in [0.29, 0.717) is 17.1 Å². The summed E-state index contributed by atoms with van der Waals surface area (Å²) in [4.78, 5) is 46.4. The standard InChI is InChI=1S/C58H76N5O11PSi/c1-39(2)63(40(3)4)75(71-35-21-34-59)73-49-48(38-70-58(43-24-19-16-20-25-43,44-26-30-46(67-11)31-27-44)45-28-32-47(68-12)33-29-45)72-53(50(49)74-76(13,14)57(8,9)10)62-36-42(37-69-54(65)56(5,6)7)51(61-55(62)66)60-52(64)41-22-17-15-18-23-41/h15-20,22-33,36,39-40,48-50,53H,21,35,37-38H2,1-14H3,(H,60,61,64,66)/t48-,49-,50-,53-,75?/m1/s1. The molecule has 0 saturated carbocycles. The lowest BCUT2D eigenvalue weighted by Crippen LogP contribution is -2.50. The van der Waals surface area contributed by atoms with E-state index in [4.69, 9.17) is 37.2 Å². The van der Waals surface area contributed by atoms with E-state index in [1.165, 1.54) is 10.8 Å². The molecular formula is C58H76N5O11PSi. The molecule has 0 spiro atoms. The normalized spacial score (nSPS) is 17.6. The molecule has 18 heteroatoms. The van der Waals surface area contributed by atoms with Crippen LogP contribution in [0.15, 0.2) is 120 Å². The van der Waals surface area contributed by atoms with Crippen molar-refractivity contribution in [2.24, 2.45) is 5.41 Å². The van der Waals surface area contributed by atoms with E-state index in [1.54, 1.807) is 65.3 Å². The quantitative estimate of drug-likeness (QED) is 0.0214. The highest BCUT2D eigenvalue weighted by Gasteiger charge is 2.54. The van der Waals surface area contributed by atoms with Gasteiger partial charge in [0.2, 0.25) is 0 Å². The van der Waals surface area contributed by atoms with Gasteiger partial charge in [-0.25, -0.2) is 9.46 Å². The zero-order valence-electron chi connectivity index (χ0n) is 46.5. The number of nitrogens with zero attached hydrogens (tertiary/aromatic N) is 4. The highest BCUT2D eigenvalue weighted by Crippen LogP contribution is 2.52. The predicted molar refractivity (Wildman–Crippen MR) is 296 cm³/mol. The van der Waals surface area contributed by atoms with E-state index in [2.05, 4.69) is 82.6 Å². The van der Waals surface area contributed by atoms with E-state index in [9.17, 15) is 19.6 Å². The zero-order valence-corrected chi connectivity index (χ0v) is 48.4. The molecule has 1 unspecified atom stereocenters. The molecule has 0 aliphatic carbocycles. The Hall–Kier alpha value is -5.80. The molecule has 5 atom stereocenters. The number of esters is 1. The molecular weight excluding hydrogens is 1000 g/mol. The number of methoxy groups -OCH3 is 2. The van der Waals surface area contributed by atoms with Gasteiger partial charge in [-0.2, -0.15) is 10.2 Å². The largest absolute Gasteiger partial charge is 0.497 e. The molecule has 2 heterocycles. The lowest BCUT2D eigenvalue weighted by Gasteiger charge is -2.42. The monoisotopic (exact) mass is 1080 g/mol. The average molecular weight is 1080 g/mol. The maximum absolute atomic E-state index is 14.9. The van der Waals surface area contributed by atoms with Crippen LogP contribution in [0, 0.1) is 16.7 Å². The number of benzene rings is 4. The molecule has 1 aliphatic rings. The van der Waals surface area contributed by atoms with Gasteiger partial charge >= 0.3 is 11.7 Å². The van der Waals surface area contributed by atoms with Crippen LogP contribution in [0.2, 0.25) is 18.1 Å². The van der Waals surface area contributed by atoms with E-state index >= 15 is 0 Å². The molecule has 1 aromatic heterocycles. The van der Waals surface area contributed by atoms with E-state index in [-0.39, 0.29) is 54.7 Å². The van der Waals surface area contributed by atoms with E-state index < -0.39 is 70.0 Å². The highest BCUT2D eigenvalue weighted by atomic mass is 31.2. The molecule has 0 bridgehead atoms. The summed E-state index contributed by atoms with van der Waals surface area (Å²) in [5, 5.41) is 12.2. The number of hydrogen-bond acceptors (Lipinski definition) is 14. The second kappa shape index (κ2) is 25.6. The van der Waals surface area contributed by atoms with Crippen molar-refractivity contribution < 1.29 is 46.7 Å². The van der Waals surface area contributed by atoms with Crippen LogP contribution < -0.4 is 20.5 Å². The van der Waals surface area contributed by atoms with Crippen molar-refractivity contribution >= 4 is 34.5 Å². The summed E-state index contributed by atoms with van der Waals surface area (Å²) in [5.74, 6) is 0.199. The van der Waals surface area contributed by atoms with Crippen LogP contribution in [0.3, 0.4) is 0 Å². The van der Waals surface area contributed by atoms with Gasteiger partial charge in [0.25, 0.3) is 14.4 Å². The van der Waals surface area contributed by atoms with Crippen LogP contribution in [-0.2, 0) is 44.7 Å². The van der Waals surface area contributed by atoms with Crippen molar-refractivity contribution in [2.45, 2.75) is 143 Å². The number of ether oxygens (including phenoxy) is 5. The molecule has 1 N–H and O–H groups in total. The van der Waals surface area contributed by atoms with Crippen molar-refractivity contribution in [3.05, 3.63) is 154 Å². The second-order valence-corrected chi connectivity index (χ2v) is 28.0. The van der Waals surface area contributed by atoms with Gasteiger partial charge in [0.05, 0.1) is 45.3 Å². The summed E-state index contributed by atoms with van der Waals surface area (Å²) in [6.45, 7) is 23.6. The number of carbonyl (C=O) groups is 2. The first-order valence-electron chi connectivity index (χ1n) is 25.7. The zero-order chi connectivity index (χ0) is 55.6. The third kappa shape index (κ3) is 14.0. The van der Waals surface area contributed by atoms with Crippen LogP contribution in [0.1, 0.15) is 114 Å². The Bertz CT molecular complexity index is 2740. The third-order valence-electron chi connectivity index (χ3n) is 13.6. The molecule has 16 nitrogen and oxygen atoms in total. The lowest BCUT2D eigenvalue weighted by molar-refractivity contribution is -0.154. The van der Waals surface area contributed by atoms with E-state index in [0.717, 1.165) is 16.7 Å². The van der Waals surface area contributed by atoms with Gasteiger partial charge in [-0.3, -0.25) is 14.2 Å². The predicted octanol–water partition coefficient (Wildman–Crippen LogP) is 11.6. The molecule has 6 rings (SSSR count). The molecule has 1 aliphatic heterocycles. The van der Waals surface area contributed by atoms with Gasteiger partial charge in [0.15, 0.2) is 14.5 Å². The first-order chi connectivity index (χ1) is 35.9. The number of rotatable bonds is 23. The Kier molecular flexibility index (Phi) is 20.0. The minimum absolute atomic E-state index is 0.0690. The lowest BCUT2D eigenvalue weighted by atomic mass is 9.80. The summed E-state index contributed by atoms with van der Waals surface area (Å²) in [7, 11) is -1.55. The number of nitrogens with one attached hydrogen (secondary N) is 1. The smallest absolute Gasteiger partial charge is 0.351 e. The maximum atomic E-state index is 14.9. The number of anilines is 1. The van der Waals surface area contributed by atoms with Crippen LogP contribution in [0.5, 0.6) is 11.5 Å². The minimum atomic E-state index is -2.83. The Labute approximate surface area is 451 Å². The second-order valence-electron chi connectivity index (χ2n) is 21.8. The third-order valence-corrected chi connectivity index (χ3v) is 20.2. The summed E-state index contributed by atoms with van der Waals surface area (Å²) < 4.78 is 56.8. The fourth-order valence-electron chi connectivity index (χ4n) is 8.55. The van der Waals surface area contributed by atoms with Gasteiger partial charge < -0.3 is 42.5 Å². The minimum Gasteiger partial charge on any atom is -0.497 e. The molecule has 1 saturated heterocycles. The van der Waals surface area contributed by atoms with Gasteiger partial charge in [-0.15, -0.1) is 0 Å². The summed E-state index contributed by atoms with van der Waals surface area (Å²) in [6, 6.07) is 35.9. The SMILES string of the molecule is COc1ccc(C(OC[C@H]2O[C@@H](n3cc(COC(=O)C(C)(C)C)c(NC(=O)c4ccccc4)nc3=O)[C@H](O[Si](C)(C)C(C)(C)C)[C@@H]2OP(OCCC#N)N(C(C)C)C(C)C)(c2ccccc2)c2ccc(OC)cc2)cc1. The number of nitriles is 1. The number of aromatic nitrogens is 2. The summed E-state index contributed by atoms with van der Waals surface area (Å²) >= 11 is 0. The van der Waals surface area contributed by atoms with Crippen LogP contribution >= 0.6 is 8.53 Å².